The summed E-state index contributed by atoms with van der Waals surface area (Å²) >= 11 is 0. The maximum absolute atomic E-state index is 13.1. The molecule has 2 unspecified atom stereocenters. The number of nitrogens with one attached hydrogen (secondary N) is 1. The van der Waals surface area contributed by atoms with Gasteiger partial charge in [-0.3, -0.25) is 14.4 Å². The van der Waals surface area contributed by atoms with E-state index in [9.17, 15) is 14.4 Å². The second kappa shape index (κ2) is 9.41. The first-order chi connectivity index (χ1) is 14.8. The van der Waals surface area contributed by atoms with Crippen LogP contribution in [0.1, 0.15) is 59.1 Å². The fourth-order valence-electron chi connectivity index (χ4n) is 4.17. The van der Waals surface area contributed by atoms with Crippen molar-refractivity contribution in [1.29, 1.82) is 5.26 Å². The molecule has 5 nitrogen and oxygen atoms in total. The van der Waals surface area contributed by atoms with Crippen molar-refractivity contribution in [3.63, 3.8) is 0 Å². The molecule has 0 bridgehead atoms. The molecule has 2 aromatic carbocycles. The first-order valence-corrected chi connectivity index (χ1v) is 10.2. The maximum Gasteiger partial charge on any atom is 0.221 e. The summed E-state index contributed by atoms with van der Waals surface area (Å²) in [6, 6.07) is 12.8. The highest BCUT2D eigenvalue weighted by molar-refractivity contribution is 6.15. The van der Waals surface area contributed by atoms with Gasteiger partial charge < -0.3 is 5.32 Å². The van der Waals surface area contributed by atoms with Gasteiger partial charge in [-0.2, -0.15) is 5.26 Å². The van der Waals surface area contributed by atoms with Crippen LogP contribution in [-0.4, -0.2) is 17.5 Å². The van der Waals surface area contributed by atoms with Crippen LogP contribution in [0.3, 0.4) is 0 Å². The van der Waals surface area contributed by atoms with Gasteiger partial charge in [0.15, 0.2) is 5.78 Å². The molecular weight excluding hydrogens is 388 g/mol. The zero-order valence-electron chi connectivity index (χ0n) is 17.9. The topological polar surface area (TPSA) is 87.0 Å². The standard InChI is InChI=1S/C26H24N2O3/c1-4-5-20-10-16(2)24(17(3)11-20)25-22(29)12-21(26(25)31)13-23(30)28-15-19-8-6-18(14-27)7-9-19/h6-11,21,25H,12-13,15H2,1-3H3,(H,28,30). The molecule has 0 spiro atoms. The summed E-state index contributed by atoms with van der Waals surface area (Å²) in [4.78, 5) is 38.2. The van der Waals surface area contributed by atoms with Gasteiger partial charge in [-0.05, 0) is 67.3 Å². The Hall–Kier alpha value is -3.70. The Bertz CT molecular complexity index is 1120. The van der Waals surface area contributed by atoms with Gasteiger partial charge in [0.2, 0.25) is 5.91 Å². The lowest BCUT2D eigenvalue weighted by atomic mass is 9.86. The van der Waals surface area contributed by atoms with Crippen LogP contribution in [0.5, 0.6) is 0 Å². The van der Waals surface area contributed by atoms with E-state index >= 15 is 0 Å². The number of benzene rings is 2. The number of hydrogen-bond acceptors (Lipinski definition) is 4. The molecule has 1 fully saturated rings. The maximum atomic E-state index is 13.1. The molecule has 0 radical (unpaired) electrons. The van der Waals surface area contributed by atoms with E-state index in [1.54, 1.807) is 31.2 Å². The molecule has 0 aliphatic heterocycles. The normalized spacial score (nSPS) is 17.6. The van der Waals surface area contributed by atoms with Gasteiger partial charge in [0.1, 0.15) is 11.7 Å². The lowest BCUT2D eigenvalue weighted by molar-refractivity contribution is -0.128. The van der Waals surface area contributed by atoms with Crippen LogP contribution < -0.4 is 5.32 Å². The summed E-state index contributed by atoms with van der Waals surface area (Å²) < 4.78 is 0. The van der Waals surface area contributed by atoms with Gasteiger partial charge >= 0.3 is 0 Å². The highest BCUT2D eigenvalue weighted by Crippen LogP contribution is 2.37. The van der Waals surface area contributed by atoms with E-state index in [4.69, 9.17) is 5.26 Å². The predicted molar refractivity (Wildman–Crippen MR) is 117 cm³/mol. The molecule has 0 saturated heterocycles. The number of nitriles is 1. The molecule has 0 aromatic heterocycles. The third kappa shape index (κ3) is 4.90. The zero-order valence-corrected chi connectivity index (χ0v) is 17.9. The quantitative estimate of drug-likeness (QED) is 0.602. The fourth-order valence-corrected chi connectivity index (χ4v) is 4.17. The Morgan fingerprint density at radius 3 is 2.32 bits per heavy atom. The average Bonchev–Trinajstić information content (AvgIpc) is 3.00. The van der Waals surface area contributed by atoms with Crippen molar-refractivity contribution < 1.29 is 14.4 Å². The van der Waals surface area contributed by atoms with Crippen molar-refractivity contribution in [2.24, 2.45) is 5.92 Å². The van der Waals surface area contributed by atoms with Crippen molar-refractivity contribution in [2.75, 3.05) is 0 Å². The number of nitrogens with zero attached hydrogens (tertiary/aromatic N) is 1. The van der Waals surface area contributed by atoms with Crippen molar-refractivity contribution in [3.8, 4) is 17.9 Å². The van der Waals surface area contributed by atoms with E-state index in [2.05, 4.69) is 17.2 Å². The molecule has 2 aromatic rings. The van der Waals surface area contributed by atoms with E-state index < -0.39 is 11.8 Å². The lowest BCUT2D eigenvalue weighted by Crippen LogP contribution is -2.27. The van der Waals surface area contributed by atoms with Gasteiger partial charge in [0, 0.05) is 30.9 Å². The van der Waals surface area contributed by atoms with Crippen LogP contribution in [0.25, 0.3) is 0 Å². The number of ketones is 2. The number of rotatable bonds is 5. The van der Waals surface area contributed by atoms with Crippen LogP contribution in [0.4, 0.5) is 0 Å². The minimum Gasteiger partial charge on any atom is -0.352 e. The summed E-state index contributed by atoms with van der Waals surface area (Å²) in [5.41, 5.74) is 4.76. The number of carbonyl (C=O) groups is 3. The van der Waals surface area contributed by atoms with E-state index in [0.29, 0.717) is 12.1 Å². The van der Waals surface area contributed by atoms with E-state index in [1.807, 2.05) is 32.0 Å². The van der Waals surface area contributed by atoms with Crippen LogP contribution in [0.15, 0.2) is 36.4 Å². The Morgan fingerprint density at radius 2 is 1.74 bits per heavy atom. The molecular formula is C26H24N2O3. The van der Waals surface area contributed by atoms with Crippen molar-refractivity contribution >= 4 is 17.5 Å². The summed E-state index contributed by atoms with van der Waals surface area (Å²) in [6.45, 7) is 5.85. The van der Waals surface area contributed by atoms with Gasteiger partial charge in [0.05, 0.1) is 11.6 Å². The first kappa shape index (κ1) is 22.0. The van der Waals surface area contributed by atoms with E-state index in [0.717, 1.165) is 27.8 Å². The summed E-state index contributed by atoms with van der Waals surface area (Å²) in [6.07, 6.45) is 0.0814. The first-order valence-electron chi connectivity index (χ1n) is 10.2. The second-order valence-corrected chi connectivity index (χ2v) is 7.89. The van der Waals surface area contributed by atoms with E-state index in [1.165, 1.54) is 0 Å². The Labute approximate surface area is 182 Å². The predicted octanol–water partition coefficient (Wildman–Crippen LogP) is 3.49. The summed E-state index contributed by atoms with van der Waals surface area (Å²) in [7, 11) is 0. The van der Waals surface area contributed by atoms with Crippen molar-refractivity contribution in [1.82, 2.24) is 5.32 Å². The molecule has 31 heavy (non-hydrogen) atoms. The smallest absolute Gasteiger partial charge is 0.221 e. The van der Waals surface area contributed by atoms with Crippen LogP contribution >= 0.6 is 0 Å². The Balaban J connectivity index is 1.68. The van der Waals surface area contributed by atoms with Crippen molar-refractivity contribution in [3.05, 3.63) is 69.8 Å². The number of Topliss-reactive ketones (excluding diaryl/α,β-unsaturated/α-hetero) is 2. The largest absolute Gasteiger partial charge is 0.352 e. The summed E-state index contributed by atoms with van der Waals surface area (Å²) in [5.74, 6) is 3.88. The minimum atomic E-state index is -0.806. The number of hydrogen-bond donors (Lipinski definition) is 1. The highest BCUT2D eigenvalue weighted by Gasteiger charge is 2.43. The van der Waals surface area contributed by atoms with Crippen LogP contribution in [0.2, 0.25) is 0 Å². The molecule has 0 heterocycles. The monoisotopic (exact) mass is 412 g/mol. The average molecular weight is 412 g/mol. The molecule has 1 saturated carbocycles. The lowest BCUT2D eigenvalue weighted by Gasteiger charge is -2.16. The molecule has 156 valence electrons. The van der Waals surface area contributed by atoms with Gasteiger partial charge in [-0.25, -0.2) is 0 Å². The van der Waals surface area contributed by atoms with Crippen LogP contribution in [-0.2, 0) is 20.9 Å². The van der Waals surface area contributed by atoms with Crippen molar-refractivity contribution in [2.45, 2.75) is 46.1 Å². The van der Waals surface area contributed by atoms with Gasteiger partial charge in [0.25, 0.3) is 0 Å². The number of amides is 1. The third-order valence-electron chi connectivity index (χ3n) is 5.61. The molecule has 5 heteroatoms. The van der Waals surface area contributed by atoms with Crippen LogP contribution in [0, 0.1) is 42.9 Å². The second-order valence-electron chi connectivity index (χ2n) is 7.89. The summed E-state index contributed by atoms with van der Waals surface area (Å²) in [5, 5.41) is 11.6. The van der Waals surface area contributed by atoms with Gasteiger partial charge in [-0.15, -0.1) is 5.92 Å². The molecule has 1 amide bonds. The third-order valence-corrected chi connectivity index (χ3v) is 5.61. The molecule has 3 rings (SSSR count). The molecule has 1 aliphatic rings. The number of carbonyl (C=O) groups excluding carboxylic acids is 3. The fraction of sp³-hybridized carbons (Fsp3) is 0.308. The Kier molecular flexibility index (Phi) is 6.68. The zero-order chi connectivity index (χ0) is 22.5. The van der Waals surface area contributed by atoms with E-state index in [-0.39, 0.29) is 30.3 Å². The SMILES string of the molecule is CC#Cc1cc(C)c(C2C(=O)CC(CC(=O)NCc3ccc(C#N)cc3)C2=O)c(C)c1. The minimum absolute atomic E-state index is 0.00512. The molecule has 2 atom stereocenters. The molecule has 1 aliphatic carbocycles. The molecule has 1 N–H and O–H groups in total. The highest BCUT2D eigenvalue weighted by atomic mass is 16.2. The van der Waals surface area contributed by atoms with Gasteiger partial charge in [-0.1, -0.05) is 18.1 Å². The number of aryl methyl sites for hydroxylation is 2. The Morgan fingerprint density at radius 1 is 1.10 bits per heavy atom.